The summed E-state index contributed by atoms with van der Waals surface area (Å²) in [5.41, 5.74) is 0.508. The monoisotopic (exact) mass is 334 g/mol. The summed E-state index contributed by atoms with van der Waals surface area (Å²) >= 11 is 5.91. The first-order valence-electron chi connectivity index (χ1n) is 6.87. The van der Waals surface area contributed by atoms with Gasteiger partial charge in [-0.05, 0) is 51.6 Å². The van der Waals surface area contributed by atoms with E-state index >= 15 is 0 Å². The van der Waals surface area contributed by atoms with E-state index < -0.39 is 10.0 Å². The molecule has 1 aromatic rings. The molecule has 0 spiro atoms. The van der Waals surface area contributed by atoms with Crippen molar-refractivity contribution in [3.8, 4) is 0 Å². The van der Waals surface area contributed by atoms with Crippen molar-refractivity contribution >= 4 is 21.6 Å². The van der Waals surface area contributed by atoms with Gasteiger partial charge in [-0.25, -0.2) is 13.1 Å². The van der Waals surface area contributed by atoms with Crippen molar-refractivity contribution in [2.45, 2.75) is 37.8 Å². The van der Waals surface area contributed by atoms with Crippen molar-refractivity contribution in [3.63, 3.8) is 0 Å². The van der Waals surface area contributed by atoms with E-state index in [1.165, 1.54) is 18.2 Å². The highest BCUT2D eigenvalue weighted by Gasteiger charge is 2.15. The molecule has 120 valence electrons. The number of aliphatic hydroxyl groups excluding tert-OH is 1. The molecule has 0 aliphatic rings. The summed E-state index contributed by atoms with van der Waals surface area (Å²) in [4.78, 5) is 2.27. The van der Waals surface area contributed by atoms with Crippen molar-refractivity contribution in [2.24, 2.45) is 0 Å². The molecule has 1 aromatic carbocycles. The maximum atomic E-state index is 12.1. The first kappa shape index (κ1) is 18.4. The molecule has 1 rings (SSSR count). The molecule has 0 aliphatic heterocycles. The second kappa shape index (κ2) is 8.10. The number of hydrogen-bond donors (Lipinski definition) is 2. The fraction of sp³-hybridized carbons (Fsp3) is 0.571. The Morgan fingerprint density at radius 1 is 1.38 bits per heavy atom. The number of nitrogens with zero attached hydrogens (tertiary/aromatic N) is 1. The number of aliphatic hydroxyl groups is 1. The fourth-order valence-corrected chi connectivity index (χ4v) is 3.10. The summed E-state index contributed by atoms with van der Waals surface area (Å²) in [6.45, 7) is 5.17. The van der Waals surface area contributed by atoms with Crippen LogP contribution in [0.4, 0.5) is 0 Å². The van der Waals surface area contributed by atoms with Crippen LogP contribution in [0.1, 0.15) is 25.8 Å². The molecule has 5 nitrogen and oxygen atoms in total. The maximum absolute atomic E-state index is 12.1. The standard InChI is InChI=1S/C14H23ClN2O3S/c1-11(2)17(3)8-4-7-16-21(19,20)13-6-5-12(10-18)14(15)9-13/h5-6,9,11,16,18H,4,7-8,10H2,1-3H3. The summed E-state index contributed by atoms with van der Waals surface area (Å²) in [5, 5.41) is 9.28. The quantitative estimate of drug-likeness (QED) is 0.712. The Morgan fingerprint density at radius 2 is 2.05 bits per heavy atom. The van der Waals surface area contributed by atoms with Crippen LogP contribution < -0.4 is 4.72 Å². The average molecular weight is 335 g/mol. The van der Waals surface area contributed by atoms with Crippen molar-refractivity contribution in [3.05, 3.63) is 28.8 Å². The molecule has 2 N–H and O–H groups in total. The lowest BCUT2D eigenvalue weighted by Crippen LogP contribution is -2.31. The summed E-state index contributed by atoms with van der Waals surface area (Å²) in [6.07, 6.45) is 0.733. The molecule has 0 unspecified atom stereocenters. The van der Waals surface area contributed by atoms with Crippen LogP contribution in [0.25, 0.3) is 0 Å². The van der Waals surface area contributed by atoms with Crippen LogP contribution in [0, 0.1) is 0 Å². The average Bonchev–Trinajstić information content (AvgIpc) is 2.43. The van der Waals surface area contributed by atoms with Gasteiger partial charge in [0.2, 0.25) is 10.0 Å². The van der Waals surface area contributed by atoms with E-state index in [4.69, 9.17) is 16.7 Å². The molecule has 0 fully saturated rings. The Hall–Kier alpha value is -0.660. The minimum Gasteiger partial charge on any atom is -0.392 e. The smallest absolute Gasteiger partial charge is 0.240 e. The lowest BCUT2D eigenvalue weighted by atomic mass is 10.2. The van der Waals surface area contributed by atoms with Crippen molar-refractivity contribution < 1.29 is 13.5 Å². The van der Waals surface area contributed by atoms with E-state index in [1.807, 2.05) is 7.05 Å². The molecule has 0 saturated carbocycles. The maximum Gasteiger partial charge on any atom is 0.240 e. The van der Waals surface area contributed by atoms with Crippen LogP contribution in [0.15, 0.2) is 23.1 Å². The van der Waals surface area contributed by atoms with Crippen LogP contribution in [0.3, 0.4) is 0 Å². The number of rotatable bonds is 8. The Kier molecular flexibility index (Phi) is 7.09. The van der Waals surface area contributed by atoms with E-state index in [-0.39, 0.29) is 16.5 Å². The van der Waals surface area contributed by atoms with Crippen molar-refractivity contribution in [1.82, 2.24) is 9.62 Å². The number of hydrogen-bond acceptors (Lipinski definition) is 4. The van der Waals surface area contributed by atoms with E-state index in [2.05, 4.69) is 23.5 Å². The van der Waals surface area contributed by atoms with E-state index in [0.29, 0.717) is 18.2 Å². The van der Waals surface area contributed by atoms with Gasteiger partial charge in [-0.2, -0.15) is 0 Å². The molecule has 0 heterocycles. The normalized spacial score (nSPS) is 12.3. The first-order chi connectivity index (χ1) is 9.77. The van der Waals surface area contributed by atoms with Crippen LogP contribution in [-0.2, 0) is 16.6 Å². The molecule has 0 radical (unpaired) electrons. The molecule has 0 aliphatic carbocycles. The van der Waals surface area contributed by atoms with Crippen LogP contribution >= 0.6 is 11.6 Å². The van der Waals surface area contributed by atoms with Gasteiger partial charge in [0.15, 0.2) is 0 Å². The molecule has 0 aromatic heterocycles. The first-order valence-corrected chi connectivity index (χ1v) is 8.73. The number of benzene rings is 1. The third kappa shape index (κ3) is 5.56. The molecule has 0 saturated heterocycles. The molecule has 0 bridgehead atoms. The number of sulfonamides is 1. The van der Waals surface area contributed by atoms with Crippen molar-refractivity contribution in [2.75, 3.05) is 20.1 Å². The van der Waals surface area contributed by atoms with E-state index in [9.17, 15) is 8.42 Å². The van der Waals surface area contributed by atoms with Crippen molar-refractivity contribution in [1.29, 1.82) is 0 Å². The zero-order chi connectivity index (χ0) is 16.0. The molecular weight excluding hydrogens is 312 g/mol. The topological polar surface area (TPSA) is 69.6 Å². The fourth-order valence-electron chi connectivity index (χ4n) is 1.70. The minimum absolute atomic E-state index is 0.113. The summed E-state index contributed by atoms with van der Waals surface area (Å²) < 4.78 is 26.8. The molecule has 21 heavy (non-hydrogen) atoms. The Balaban J connectivity index is 2.60. The predicted molar refractivity (Wildman–Crippen MR) is 84.9 cm³/mol. The third-order valence-electron chi connectivity index (χ3n) is 3.37. The zero-order valence-corrected chi connectivity index (χ0v) is 14.2. The Bertz CT molecular complexity index is 561. The number of nitrogens with one attached hydrogen (secondary N) is 1. The van der Waals surface area contributed by atoms with E-state index in [0.717, 1.165) is 13.0 Å². The van der Waals surface area contributed by atoms with Gasteiger partial charge in [0.1, 0.15) is 0 Å². The summed E-state index contributed by atoms with van der Waals surface area (Å²) in [6, 6.07) is 4.76. The van der Waals surface area contributed by atoms with Gasteiger partial charge in [0.25, 0.3) is 0 Å². The van der Waals surface area contributed by atoms with Gasteiger partial charge >= 0.3 is 0 Å². The Labute approximate surface area is 132 Å². The largest absolute Gasteiger partial charge is 0.392 e. The second-order valence-corrected chi connectivity index (χ2v) is 7.41. The van der Waals surface area contributed by atoms with Gasteiger partial charge in [-0.15, -0.1) is 0 Å². The van der Waals surface area contributed by atoms with Gasteiger partial charge in [-0.1, -0.05) is 17.7 Å². The Morgan fingerprint density at radius 3 is 2.57 bits per heavy atom. The number of halogens is 1. The highest BCUT2D eigenvalue weighted by molar-refractivity contribution is 7.89. The van der Waals surface area contributed by atoms with Crippen LogP contribution in [0.5, 0.6) is 0 Å². The van der Waals surface area contributed by atoms with E-state index in [1.54, 1.807) is 0 Å². The lowest BCUT2D eigenvalue weighted by Gasteiger charge is -2.20. The third-order valence-corrected chi connectivity index (χ3v) is 5.18. The van der Waals surface area contributed by atoms with Crippen LogP contribution in [-0.4, -0.2) is 44.6 Å². The minimum atomic E-state index is -3.56. The van der Waals surface area contributed by atoms with Gasteiger partial charge in [0.05, 0.1) is 11.5 Å². The van der Waals surface area contributed by atoms with Gasteiger partial charge in [0, 0.05) is 17.6 Å². The zero-order valence-electron chi connectivity index (χ0n) is 12.6. The van der Waals surface area contributed by atoms with Gasteiger partial charge < -0.3 is 10.0 Å². The van der Waals surface area contributed by atoms with Crippen LogP contribution in [0.2, 0.25) is 5.02 Å². The predicted octanol–water partition coefficient (Wildman–Crippen LogP) is 1.84. The highest BCUT2D eigenvalue weighted by Crippen LogP contribution is 2.20. The second-order valence-electron chi connectivity index (χ2n) is 5.24. The summed E-state index contributed by atoms with van der Waals surface area (Å²) in [7, 11) is -1.55. The SMILES string of the molecule is CC(C)N(C)CCCNS(=O)(=O)c1ccc(CO)c(Cl)c1. The molecular formula is C14H23ClN2O3S. The van der Waals surface area contributed by atoms with Gasteiger partial charge in [-0.3, -0.25) is 0 Å². The lowest BCUT2D eigenvalue weighted by molar-refractivity contribution is 0.271. The molecule has 7 heteroatoms. The molecule has 0 amide bonds. The highest BCUT2D eigenvalue weighted by atomic mass is 35.5. The summed E-state index contributed by atoms with van der Waals surface area (Å²) in [5.74, 6) is 0. The molecule has 0 atom stereocenters.